The highest BCUT2D eigenvalue weighted by atomic mass is 16.5. The molecule has 1 aliphatic carbocycles. The topological polar surface area (TPSA) is 85.5 Å². The molecule has 4 aromatic rings. The summed E-state index contributed by atoms with van der Waals surface area (Å²) < 4.78 is 17.7. The SMILES string of the molecule is c1cc2ccoc2c(NC2CCC(Oc3cc(N4CCOCC4)cc4nccnc34)CC2)n1. The number of hydrogen-bond acceptors (Lipinski definition) is 8. The molecule has 1 saturated carbocycles. The van der Waals surface area contributed by atoms with Crippen molar-refractivity contribution < 1.29 is 13.9 Å². The summed E-state index contributed by atoms with van der Waals surface area (Å²) in [7, 11) is 0. The van der Waals surface area contributed by atoms with Crippen molar-refractivity contribution in [1.82, 2.24) is 15.0 Å². The molecule has 3 aromatic heterocycles. The number of pyridine rings is 1. The Hall–Kier alpha value is -3.39. The second-order valence-electron chi connectivity index (χ2n) is 8.70. The van der Waals surface area contributed by atoms with E-state index >= 15 is 0 Å². The summed E-state index contributed by atoms with van der Waals surface area (Å²) in [6, 6.07) is 8.50. The number of nitrogens with zero attached hydrogens (tertiary/aromatic N) is 4. The van der Waals surface area contributed by atoms with Gasteiger partial charge in [-0.2, -0.15) is 0 Å². The van der Waals surface area contributed by atoms with Crippen LogP contribution >= 0.6 is 0 Å². The summed E-state index contributed by atoms with van der Waals surface area (Å²) in [4.78, 5) is 15.9. The number of fused-ring (bicyclic) bond motifs is 2. The number of hydrogen-bond donors (Lipinski definition) is 1. The van der Waals surface area contributed by atoms with Gasteiger partial charge >= 0.3 is 0 Å². The lowest BCUT2D eigenvalue weighted by atomic mass is 9.93. The molecule has 2 fully saturated rings. The van der Waals surface area contributed by atoms with Gasteiger partial charge in [-0.15, -0.1) is 0 Å². The molecule has 8 nitrogen and oxygen atoms in total. The van der Waals surface area contributed by atoms with Gasteiger partial charge < -0.3 is 24.1 Å². The summed E-state index contributed by atoms with van der Waals surface area (Å²) in [5.41, 5.74) is 3.63. The molecule has 0 radical (unpaired) electrons. The molecule has 4 heterocycles. The van der Waals surface area contributed by atoms with Crippen molar-refractivity contribution in [3.05, 3.63) is 49.1 Å². The van der Waals surface area contributed by atoms with Crippen LogP contribution in [0, 0.1) is 0 Å². The van der Waals surface area contributed by atoms with Gasteiger partial charge in [-0.3, -0.25) is 4.98 Å². The fourth-order valence-corrected chi connectivity index (χ4v) is 4.82. The predicted molar refractivity (Wildman–Crippen MR) is 127 cm³/mol. The first-order valence-electron chi connectivity index (χ1n) is 11.7. The minimum absolute atomic E-state index is 0.153. The van der Waals surface area contributed by atoms with Crippen molar-refractivity contribution in [1.29, 1.82) is 0 Å². The third-order valence-electron chi connectivity index (χ3n) is 6.58. The van der Waals surface area contributed by atoms with Crippen molar-refractivity contribution >= 4 is 33.5 Å². The Bertz CT molecular complexity index is 1250. The smallest absolute Gasteiger partial charge is 0.176 e. The molecule has 1 aromatic carbocycles. The molecule has 1 aliphatic heterocycles. The normalized spacial score (nSPS) is 21.4. The van der Waals surface area contributed by atoms with Crippen molar-refractivity contribution in [3.63, 3.8) is 0 Å². The molecule has 6 rings (SSSR count). The zero-order valence-electron chi connectivity index (χ0n) is 18.4. The lowest BCUT2D eigenvalue weighted by molar-refractivity contribution is 0.122. The Morgan fingerprint density at radius 1 is 0.939 bits per heavy atom. The third-order valence-corrected chi connectivity index (χ3v) is 6.58. The molecule has 0 amide bonds. The van der Waals surface area contributed by atoms with Gasteiger partial charge in [0.2, 0.25) is 0 Å². The van der Waals surface area contributed by atoms with Crippen LogP contribution in [0.4, 0.5) is 11.5 Å². The van der Waals surface area contributed by atoms with Gasteiger partial charge in [0.1, 0.15) is 11.3 Å². The van der Waals surface area contributed by atoms with Crippen molar-refractivity contribution in [2.45, 2.75) is 37.8 Å². The highest BCUT2D eigenvalue weighted by Gasteiger charge is 2.25. The average molecular weight is 446 g/mol. The van der Waals surface area contributed by atoms with Crippen molar-refractivity contribution in [2.75, 3.05) is 36.5 Å². The first kappa shape index (κ1) is 20.2. The van der Waals surface area contributed by atoms with E-state index in [0.717, 1.165) is 91.2 Å². The van der Waals surface area contributed by atoms with E-state index in [0.29, 0.717) is 6.04 Å². The molecule has 0 atom stereocenters. The van der Waals surface area contributed by atoms with Gasteiger partial charge in [0.15, 0.2) is 11.4 Å². The van der Waals surface area contributed by atoms with Crippen LogP contribution in [0.15, 0.2) is 53.5 Å². The average Bonchev–Trinajstić information content (AvgIpc) is 3.36. The van der Waals surface area contributed by atoms with Crippen LogP contribution in [0.1, 0.15) is 25.7 Å². The fourth-order valence-electron chi connectivity index (χ4n) is 4.82. The molecule has 170 valence electrons. The van der Waals surface area contributed by atoms with E-state index in [1.165, 1.54) is 0 Å². The van der Waals surface area contributed by atoms with E-state index < -0.39 is 0 Å². The predicted octanol–water partition coefficient (Wildman–Crippen LogP) is 4.41. The van der Waals surface area contributed by atoms with Gasteiger partial charge in [0.25, 0.3) is 0 Å². The van der Waals surface area contributed by atoms with Crippen molar-refractivity contribution in [3.8, 4) is 5.75 Å². The number of rotatable bonds is 5. The second kappa shape index (κ2) is 8.86. The molecule has 0 spiro atoms. The molecule has 1 N–H and O–H groups in total. The second-order valence-corrected chi connectivity index (χ2v) is 8.70. The number of morpholine rings is 1. The zero-order chi connectivity index (χ0) is 22.0. The van der Waals surface area contributed by atoms with Crippen LogP contribution in [0.3, 0.4) is 0 Å². The number of benzene rings is 1. The lowest BCUT2D eigenvalue weighted by Gasteiger charge is -2.31. The van der Waals surface area contributed by atoms with Gasteiger partial charge in [-0.05, 0) is 43.9 Å². The summed E-state index contributed by atoms with van der Waals surface area (Å²) >= 11 is 0. The number of anilines is 2. The summed E-state index contributed by atoms with van der Waals surface area (Å²) in [6.07, 6.45) is 11.1. The fraction of sp³-hybridized carbons (Fsp3) is 0.400. The van der Waals surface area contributed by atoms with E-state index in [1.807, 2.05) is 18.3 Å². The summed E-state index contributed by atoms with van der Waals surface area (Å²) in [5.74, 6) is 1.64. The van der Waals surface area contributed by atoms with Crippen LogP contribution in [-0.2, 0) is 4.74 Å². The lowest BCUT2D eigenvalue weighted by Crippen LogP contribution is -2.36. The molecule has 0 bridgehead atoms. The van der Waals surface area contributed by atoms with Crippen LogP contribution < -0.4 is 15.0 Å². The molecular formula is C25H27N5O3. The largest absolute Gasteiger partial charge is 0.488 e. The Morgan fingerprint density at radius 2 is 1.79 bits per heavy atom. The van der Waals surface area contributed by atoms with Crippen LogP contribution in [0.2, 0.25) is 0 Å². The molecule has 8 heteroatoms. The van der Waals surface area contributed by atoms with Crippen LogP contribution in [0.5, 0.6) is 5.75 Å². The Balaban J connectivity index is 1.16. The molecule has 2 aliphatic rings. The maximum Gasteiger partial charge on any atom is 0.176 e. The molecular weight excluding hydrogens is 418 g/mol. The molecule has 33 heavy (non-hydrogen) atoms. The number of furan rings is 1. The highest BCUT2D eigenvalue weighted by Crippen LogP contribution is 2.33. The zero-order valence-corrected chi connectivity index (χ0v) is 18.4. The van der Waals surface area contributed by atoms with Crippen LogP contribution in [-0.4, -0.2) is 53.4 Å². The van der Waals surface area contributed by atoms with E-state index in [-0.39, 0.29) is 6.10 Å². The third kappa shape index (κ3) is 4.18. The Morgan fingerprint density at radius 3 is 2.67 bits per heavy atom. The van der Waals surface area contributed by atoms with E-state index in [2.05, 4.69) is 37.3 Å². The van der Waals surface area contributed by atoms with Gasteiger partial charge in [0.05, 0.1) is 31.1 Å². The number of nitrogens with one attached hydrogen (secondary N) is 1. The van der Waals surface area contributed by atoms with Gasteiger partial charge in [-0.1, -0.05) is 0 Å². The number of aromatic nitrogens is 3. The Kier molecular flexibility index (Phi) is 5.43. The first-order valence-corrected chi connectivity index (χ1v) is 11.7. The van der Waals surface area contributed by atoms with Crippen molar-refractivity contribution in [2.24, 2.45) is 0 Å². The van der Waals surface area contributed by atoms with E-state index in [1.54, 1.807) is 18.7 Å². The first-order chi connectivity index (χ1) is 16.3. The molecule has 0 unspecified atom stereocenters. The molecule has 1 saturated heterocycles. The summed E-state index contributed by atoms with van der Waals surface area (Å²) in [5, 5.41) is 4.64. The highest BCUT2D eigenvalue weighted by molar-refractivity contribution is 5.86. The quantitative estimate of drug-likeness (QED) is 0.484. The van der Waals surface area contributed by atoms with E-state index in [9.17, 15) is 0 Å². The van der Waals surface area contributed by atoms with E-state index in [4.69, 9.17) is 13.9 Å². The standard InChI is InChI=1S/C25H27N5O3/c1-3-20(4-2-18(1)29-25-24-17(5-7-28-25)6-12-32-24)33-22-16-19(30-10-13-31-14-11-30)15-21-23(22)27-9-8-26-21/h5-9,12,15-16,18,20H,1-4,10-11,13-14H2,(H,28,29). The number of ether oxygens (including phenoxy) is 2. The monoisotopic (exact) mass is 445 g/mol. The van der Waals surface area contributed by atoms with Gasteiger partial charge in [0, 0.05) is 54.9 Å². The Labute approximate surface area is 191 Å². The summed E-state index contributed by atoms with van der Waals surface area (Å²) in [6.45, 7) is 3.23. The minimum atomic E-state index is 0.153. The van der Waals surface area contributed by atoms with Crippen LogP contribution in [0.25, 0.3) is 22.0 Å². The maximum atomic E-state index is 6.53. The minimum Gasteiger partial charge on any atom is -0.488 e. The maximum absolute atomic E-state index is 6.53. The van der Waals surface area contributed by atoms with Gasteiger partial charge in [-0.25, -0.2) is 9.97 Å².